The predicted octanol–water partition coefficient (Wildman–Crippen LogP) is 2.14. The van der Waals surface area contributed by atoms with E-state index in [4.69, 9.17) is 11.6 Å². The molecule has 1 aromatic carbocycles. The fraction of sp³-hybridized carbons (Fsp3) is 0.111. The standard InChI is InChI=1S/C9H8ClN3/c1-13-8(11-12-9(13)10)7-5-3-2-4-6-7/h2-6H,1H3. The van der Waals surface area contributed by atoms with Crippen LogP contribution < -0.4 is 0 Å². The molecule has 0 aliphatic rings. The van der Waals surface area contributed by atoms with Crippen molar-refractivity contribution >= 4 is 11.6 Å². The predicted molar refractivity (Wildman–Crippen MR) is 51.4 cm³/mol. The molecule has 1 heterocycles. The second-order valence-corrected chi connectivity index (χ2v) is 3.06. The molecule has 13 heavy (non-hydrogen) atoms. The van der Waals surface area contributed by atoms with E-state index >= 15 is 0 Å². The van der Waals surface area contributed by atoms with E-state index in [1.165, 1.54) is 0 Å². The Bertz CT molecular complexity index is 408. The van der Waals surface area contributed by atoms with E-state index in [0.29, 0.717) is 5.28 Å². The molecular weight excluding hydrogens is 186 g/mol. The number of hydrogen-bond donors (Lipinski definition) is 0. The zero-order chi connectivity index (χ0) is 9.26. The maximum absolute atomic E-state index is 5.77. The van der Waals surface area contributed by atoms with E-state index in [2.05, 4.69) is 10.2 Å². The molecule has 0 atom stereocenters. The minimum atomic E-state index is 0.402. The van der Waals surface area contributed by atoms with Gasteiger partial charge in [0.25, 0.3) is 0 Å². The minimum Gasteiger partial charge on any atom is -0.301 e. The van der Waals surface area contributed by atoms with Crippen molar-refractivity contribution in [2.75, 3.05) is 0 Å². The van der Waals surface area contributed by atoms with E-state index in [-0.39, 0.29) is 0 Å². The summed E-state index contributed by atoms with van der Waals surface area (Å²) in [5, 5.41) is 8.14. The molecule has 0 N–H and O–H groups in total. The lowest BCUT2D eigenvalue weighted by molar-refractivity contribution is 0.921. The van der Waals surface area contributed by atoms with Crippen molar-refractivity contribution in [3.05, 3.63) is 35.6 Å². The maximum Gasteiger partial charge on any atom is 0.225 e. The first-order valence-electron chi connectivity index (χ1n) is 3.89. The fourth-order valence-corrected chi connectivity index (χ4v) is 1.27. The van der Waals surface area contributed by atoms with Crippen molar-refractivity contribution in [3.8, 4) is 11.4 Å². The average Bonchev–Trinajstić information content (AvgIpc) is 2.49. The van der Waals surface area contributed by atoms with Crippen molar-refractivity contribution in [2.45, 2.75) is 0 Å². The van der Waals surface area contributed by atoms with Gasteiger partial charge in [-0.3, -0.25) is 0 Å². The molecule has 0 fully saturated rings. The Kier molecular flexibility index (Phi) is 2.02. The molecule has 0 unspecified atom stereocenters. The molecule has 2 aromatic rings. The molecule has 0 amide bonds. The van der Waals surface area contributed by atoms with Gasteiger partial charge in [-0.2, -0.15) is 0 Å². The summed E-state index contributed by atoms with van der Waals surface area (Å²) < 4.78 is 1.75. The summed E-state index contributed by atoms with van der Waals surface area (Å²) in [5.74, 6) is 0.783. The van der Waals surface area contributed by atoms with Crippen LogP contribution in [-0.4, -0.2) is 14.8 Å². The van der Waals surface area contributed by atoms with Gasteiger partial charge in [-0.25, -0.2) is 0 Å². The largest absolute Gasteiger partial charge is 0.301 e. The Morgan fingerprint density at radius 3 is 2.38 bits per heavy atom. The second-order valence-electron chi connectivity index (χ2n) is 2.72. The smallest absolute Gasteiger partial charge is 0.225 e. The van der Waals surface area contributed by atoms with Crippen LogP contribution in [0, 0.1) is 0 Å². The van der Waals surface area contributed by atoms with Crippen LogP contribution in [0.2, 0.25) is 5.28 Å². The van der Waals surface area contributed by atoms with Crippen molar-refractivity contribution in [1.29, 1.82) is 0 Å². The van der Waals surface area contributed by atoms with E-state index in [1.54, 1.807) is 4.57 Å². The summed E-state index contributed by atoms with van der Waals surface area (Å²) in [7, 11) is 1.84. The number of benzene rings is 1. The molecule has 0 saturated carbocycles. The quantitative estimate of drug-likeness (QED) is 0.695. The maximum atomic E-state index is 5.77. The van der Waals surface area contributed by atoms with Gasteiger partial charge in [0.05, 0.1) is 0 Å². The first kappa shape index (κ1) is 8.26. The van der Waals surface area contributed by atoms with Crippen molar-refractivity contribution in [3.63, 3.8) is 0 Å². The number of rotatable bonds is 1. The molecule has 2 rings (SSSR count). The number of hydrogen-bond acceptors (Lipinski definition) is 2. The highest BCUT2D eigenvalue weighted by molar-refractivity contribution is 6.28. The monoisotopic (exact) mass is 193 g/mol. The van der Waals surface area contributed by atoms with Gasteiger partial charge in [0.15, 0.2) is 5.82 Å². The lowest BCUT2D eigenvalue weighted by Gasteiger charge is -1.99. The topological polar surface area (TPSA) is 30.7 Å². The molecule has 0 aliphatic heterocycles. The molecule has 0 spiro atoms. The van der Waals surface area contributed by atoms with E-state index in [1.807, 2.05) is 37.4 Å². The van der Waals surface area contributed by atoms with Crippen molar-refractivity contribution < 1.29 is 0 Å². The highest BCUT2D eigenvalue weighted by Crippen LogP contribution is 2.17. The molecule has 0 aliphatic carbocycles. The lowest BCUT2D eigenvalue weighted by Crippen LogP contribution is -1.91. The molecule has 1 aromatic heterocycles. The van der Waals surface area contributed by atoms with Gasteiger partial charge < -0.3 is 4.57 Å². The van der Waals surface area contributed by atoms with Gasteiger partial charge in [0.1, 0.15) is 0 Å². The molecule has 0 saturated heterocycles. The van der Waals surface area contributed by atoms with Gasteiger partial charge in [-0.15, -0.1) is 10.2 Å². The first-order chi connectivity index (χ1) is 6.29. The van der Waals surface area contributed by atoms with Crippen LogP contribution in [0.25, 0.3) is 11.4 Å². The Hall–Kier alpha value is -1.35. The zero-order valence-corrected chi connectivity index (χ0v) is 7.86. The third-order valence-electron chi connectivity index (χ3n) is 1.85. The molecular formula is C9H8ClN3. The molecule has 4 heteroatoms. The first-order valence-corrected chi connectivity index (χ1v) is 4.27. The summed E-state index contributed by atoms with van der Waals surface area (Å²) in [5.41, 5.74) is 1.02. The van der Waals surface area contributed by atoms with E-state index in [0.717, 1.165) is 11.4 Å². The van der Waals surface area contributed by atoms with Gasteiger partial charge >= 0.3 is 0 Å². The highest BCUT2D eigenvalue weighted by atomic mass is 35.5. The van der Waals surface area contributed by atoms with Gasteiger partial charge in [-0.05, 0) is 11.6 Å². The van der Waals surface area contributed by atoms with Crippen LogP contribution in [0.5, 0.6) is 0 Å². The zero-order valence-electron chi connectivity index (χ0n) is 7.11. The third kappa shape index (κ3) is 1.42. The summed E-state index contributed by atoms with van der Waals surface area (Å²) in [6.45, 7) is 0. The molecule has 0 radical (unpaired) electrons. The Morgan fingerprint density at radius 1 is 1.15 bits per heavy atom. The van der Waals surface area contributed by atoms with Gasteiger partial charge in [0, 0.05) is 12.6 Å². The summed E-state index contributed by atoms with van der Waals surface area (Å²) in [4.78, 5) is 0. The van der Waals surface area contributed by atoms with Crippen LogP contribution in [0.3, 0.4) is 0 Å². The van der Waals surface area contributed by atoms with Gasteiger partial charge in [0.2, 0.25) is 5.28 Å². The van der Waals surface area contributed by atoms with E-state index in [9.17, 15) is 0 Å². The minimum absolute atomic E-state index is 0.402. The SMILES string of the molecule is Cn1c(Cl)nnc1-c1ccccc1. The summed E-state index contributed by atoms with van der Waals surface area (Å²) in [6.07, 6.45) is 0. The normalized spacial score (nSPS) is 10.3. The second kappa shape index (κ2) is 3.18. The molecule has 66 valence electrons. The van der Waals surface area contributed by atoms with Crippen LogP contribution >= 0.6 is 11.6 Å². The lowest BCUT2D eigenvalue weighted by atomic mass is 10.2. The number of halogens is 1. The average molecular weight is 194 g/mol. The Balaban J connectivity index is 2.53. The third-order valence-corrected chi connectivity index (χ3v) is 2.18. The summed E-state index contributed by atoms with van der Waals surface area (Å²) in [6, 6.07) is 9.82. The fourth-order valence-electron chi connectivity index (χ4n) is 1.15. The van der Waals surface area contributed by atoms with Crippen molar-refractivity contribution in [2.24, 2.45) is 7.05 Å². The Morgan fingerprint density at radius 2 is 1.85 bits per heavy atom. The molecule has 0 bridgehead atoms. The number of nitrogens with zero attached hydrogens (tertiary/aromatic N) is 3. The van der Waals surface area contributed by atoms with E-state index < -0.39 is 0 Å². The Labute approximate surface area is 81.0 Å². The van der Waals surface area contributed by atoms with Gasteiger partial charge in [-0.1, -0.05) is 30.3 Å². The van der Waals surface area contributed by atoms with Crippen LogP contribution in [0.1, 0.15) is 0 Å². The van der Waals surface area contributed by atoms with Crippen LogP contribution in [-0.2, 0) is 7.05 Å². The van der Waals surface area contributed by atoms with Crippen molar-refractivity contribution in [1.82, 2.24) is 14.8 Å². The van der Waals surface area contributed by atoms with Crippen LogP contribution in [0.4, 0.5) is 0 Å². The summed E-state index contributed by atoms with van der Waals surface area (Å²) >= 11 is 5.77. The molecule has 3 nitrogen and oxygen atoms in total. The highest BCUT2D eigenvalue weighted by Gasteiger charge is 2.06. The number of aromatic nitrogens is 3. The van der Waals surface area contributed by atoms with Crippen LogP contribution in [0.15, 0.2) is 30.3 Å².